The van der Waals surface area contributed by atoms with E-state index in [0.717, 1.165) is 36.7 Å². The fraction of sp³-hybridized carbons (Fsp3) is 0.682. The molecule has 2 aliphatic rings. The Bertz CT molecular complexity index is 659. The summed E-state index contributed by atoms with van der Waals surface area (Å²) in [5.74, 6) is 1.58. The van der Waals surface area contributed by atoms with Gasteiger partial charge in [0.05, 0.1) is 6.10 Å². The van der Waals surface area contributed by atoms with Crippen LogP contribution in [0.4, 0.5) is 0 Å². The number of likely N-dealkylation sites (tertiary alicyclic amines) is 1. The first-order chi connectivity index (χ1) is 12.7. The molecule has 0 N–H and O–H groups in total. The van der Waals surface area contributed by atoms with E-state index in [1.54, 1.807) is 0 Å². The van der Waals surface area contributed by atoms with Gasteiger partial charge in [-0.1, -0.05) is 38.4 Å². The molecule has 1 aromatic carbocycles. The van der Waals surface area contributed by atoms with Crippen LogP contribution in [0.25, 0.3) is 0 Å². The highest BCUT2D eigenvalue weighted by atomic mass is 35.5. The van der Waals surface area contributed by atoms with Gasteiger partial charge in [0.15, 0.2) is 0 Å². The van der Waals surface area contributed by atoms with Gasteiger partial charge in [-0.15, -0.1) is 0 Å². The molecule has 5 heteroatoms. The van der Waals surface area contributed by atoms with Crippen molar-refractivity contribution < 1.29 is 9.53 Å². The van der Waals surface area contributed by atoms with Crippen LogP contribution in [0.5, 0.6) is 5.75 Å². The highest BCUT2D eigenvalue weighted by molar-refractivity contribution is 6.31. The molecule has 2 fully saturated rings. The molecular weight excluding hydrogens is 360 g/mol. The van der Waals surface area contributed by atoms with Gasteiger partial charge in [-0.05, 0) is 62.4 Å². The van der Waals surface area contributed by atoms with Crippen molar-refractivity contribution in [1.82, 2.24) is 9.80 Å². The molecule has 1 aliphatic heterocycles. The number of nitrogens with zero attached hydrogens (tertiary/aromatic N) is 2. The van der Waals surface area contributed by atoms with E-state index in [9.17, 15) is 4.79 Å². The highest BCUT2D eigenvalue weighted by Crippen LogP contribution is 2.34. The first kappa shape index (κ1) is 20.5. The fourth-order valence-electron chi connectivity index (χ4n) is 4.07. The third-order valence-corrected chi connectivity index (χ3v) is 5.98. The van der Waals surface area contributed by atoms with Gasteiger partial charge in [-0.25, -0.2) is 0 Å². The summed E-state index contributed by atoms with van der Waals surface area (Å²) >= 11 is 6.48. The van der Waals surface area contributed by atoms with Gasteiger partial charge in [-0.2, -0.15) is 0 Å². The Labute approximate surface area is 168 Å². The minimum absolute atomic E-state index is 0.201. The zero-order chi connectivity index (χ0) is 19.6. The predicted octanol–water partition coefficient (Wildman–Crippen LogP) is 4.60. The minimum atomic E-state index is -0.317. The number of hydrogen-bond donors (Lipinski definition) is 0. The summed E-state index contributed by atoms with van der Waals surface area (Å²) in [5.41, 5.74) is 0.863. The van der Waals surface area contributed by atoms with Crippen LogP contribution in [0.3, 0.4) is 0 Å². The van der Waals surface area contributed by atoms with E-state index in [2.05, 4.69) is 11.0 Å². The highest BCUT2D eigenvalue weighted by Gasteiger charge is 2.34. The first-order valence-electron chi connectivity index (χ1n) is 10.2. The summed E-state index contributed by atoms with van der Waals surface area (Å²) in [7, 11) is 1.90. The van der Waals surface area contributed by atoms with Crippen molar-refractivity contribution in [2.45, 2.75) is 59.1 Å². The number of halogens is 1. The molecule has 1 aromatic rings. The van der Waals surface area contributed by atoms with E-state index in [0.29, 0.717) is 5.92 Å². The van der Waals surface area contributed by atoms with Crippen LogP contribution in [0.2, 0.25) is 5.02 Å². The maximum Gasteiger partial charge on any atom is 0.227 e. The largest absolute Gasteiger partial charge is 0.490 e. The van der Waals surface area contributed by atoms with Crippen molar-refractivity contribution in [3.05, 3.63) is 28.8 Å². The van der Waals surface area contributed by atoms with Crippen LogP contribution in [-0.2, 0) is 11.3 Å². The van der Waals surface area contributed by atoms with E-state index >= 15 is 0 Å². The number of hydrogen-bond acceptors (Lipinski definition) is 3. The van der Waals surface area contributed by atoms with Gasteiger partial charge in [0, 0.05) is 30.6 Å². The van der Waals surface area contributed by atoms with Gasteiger partial charge in [0.2, 0.25) is 5.91 Å². The van der Waals surface area contributed by atoms with Gasteiger partial charge in [0.25, 0.3) is 0 Å². The second kappa shape index (κ2) is 8.40. The Hall–Kier alpha value is -1.26. The van der Waals surface area contributed by atoms with Crippen molar-refractivity contribution in [3.8, 4) is 5.75 Å². The number of amides is 1. The monoisotopic (exact) mass is 392 g/mol. The molecule has 0 aromatic heterocycles. The average Bonchev–Trinajstić information content (AvgIpc) is 3.06. The molecule has 1 saturated heterocycles. The second-order valence-electron chi connectivity index (χ2n) is 9.25. The predicted molar refractivity (Wildman–Crippen MR) is 110 cm³/mol. The smallest absolute Gasteiger partial charge is 0.227 e. The molecule has 1 amide bonds. The summed E-state index contributed by atoms with van der Waals surface area (Å²) in [6, 6.07) is 6.09. The molecule has 0 unspecified atom stereocenters. The molecule has 0 spiro atoms. The molecule has 27 heavy (non-hydrogen) atoms. The van der Waals surface area contributed by atoms with E-state index in [1.165, 1.54) is 31.5 Å². The van der Waals surface area contributed by atoms with Crippen LogP contribution < -0.4 is 4.74 Å². The number of rotatable bonds is 6. The summed E-state index contributed by atoms with van der Waals surface area (Å²) in [6.45, 7) is 9.99. The Morgan fingerprint density at radius 2 is 1.93 bits per heavy atom. The lowest BCUT2D eigenvalue weighted by molar-refractivity contribution is -0.139. The van der Waals surface area contributed by atoms with Crippen molar-refractivity contribution >= 4 is 17.5 Å². The van der Waals surface area contributed by atoms with Crippen LogP contribution in [0.1, 0.15) is 52.0 Å². The molecule has 1 aliphatic carbocycles. The molecule has 150 valence electrons. The molecular formula is C22H33ClN2O2. The van der Waals surface area contributed by atoms with E-state index in [1.807, 2.05) is 44.9 Å². The zero-order valence-electron chi connectivity index (χ0n) is 17.1. The maximum absolute atomic E-state index is 12.3. The molecule has 0 bridgehead atoms. The maximum atomic E-state index is 12.3. The van der Waals surface area contributed by atoms with Gasteiger partial charge in [0.1, 0.15) is 5.75 Å². The van der Waals surface area contributed by atoms with Crippen LogP contribution in [-0.4, -0.2) is 48.5 Å². The standard InChI is InChI=1S/C22H33ClN2O2/c1-22(2,3)21(26)24(4)14-16-11-19(12-16)27-18-8-7-17(20(23)13-18)15-25-9-5-6-10-25/h7-8,13,16,19H,5-6,9-12,14-15H2,1-4H3. The quantitative estimate of drug-likeness (QED) is 0.709. The van der Waals surface area contributed by atoms with Crippen molar-refractivity contribution in [3.63, 3.8) is 0 Å². The number of ether oxygens (including phenoxy) is 1. The lowest BCUT2D eigenvalue weighted by Gasteiger charge is -2.38. The summed E-state index contributed by atoms with van der Waals surface area (Å²) in [5, 5.41) is 0.797. The third kappa shape index (κ3) is 5.39. The van der Waals surface area contributed by atoms with Crippen LogP contribution in [0.15, 0.2) is 18.2 Å². The number of benzene rings is 1. The zero-order valence-corrected chi connectivity index (χ0v) is 17.9. The van der Waals surface area contributed by atoms with Crippen molar-refractivity contribution in [1.29, 1.82) is 0 Å². The van der Waals surface area contributed by atoms with E-state index in [4.69, 9.17) is 16.3 Å². The van der Waals surface area contributed by atoms with Crippen LogP contribution in [0, 0.1) is 11.3 Å². The Kier molecular flexibility index (Phi) is 6.37. The first-order valence-corrected chi connectivity index (χ1v) is 10.5. The van der Waals surface area contributed by atoms with Gasteiger partial charge in [-0.3, -0.25) is 9.69 Å². The third-order valence-electron chi connectivity index (χ3n) is 5.63. The summed E-state index contributed by atoms with van der Waals surface area (Å²) in [6.07, 6.45) is 4.80. The summed E-state index contributed by atoms with van der Waals surface area (Å²) in [4.78, 5) is 16.6. The second-order valence-corrected chi connectivity index (χ2v) is 9.66. The normalized spacial score (nSPS) is 23.1. The van der Waals surface area contributed by atoms with E-state index < -0.39 is 0 Å². The fourth-order valence-corrected chi connectivity index (χ4v) is 4.30. The molecule has 0 atom stereocenters. The Morgan fingerprint density at radius 3 is 2.52 bits per heavy atom. The van der Waals surface area contributed by atoms with Crippen LogP contribution >= 0.6 is 11.6 Å². The van der Waals surface area contributed by atoms with Gasteiger partial charge >= 0.3 is 0 Å². The molecule has 4 nitrogen and oxygen atoms in total. The SMILES string of the molecule is CN(CC1CC(Oc2ccc(CN3CCCC3)c(Cl)c2)C1)C(=O)C(C)(C)C. The minimum Gasteiger partial charge on any atom is -0.490 e. The molecule has 1 heterocycles. The lowest BCUT2D eigenvalue weighted by Crippen LogP contribution is -2.44. The lowest BCUT2D eigenvalue weighted by atomic mass is 9.81. The Balaban J connectivity index is 1.44. The molecule has 0 radical (unpaired) electrons. The average molecular weight is 393 g/mol. The molecule has 3 rings (SSSR count). The molecule has 1 saturated carbocycles. The topological polar surface area (TPSA) is 32.8 Å². The number of carbonyl (C=O) groups is 1. The van der Waals surface area contributed by atoms with Gasteiger partial charge < -0.3 is 9.64 Å². The van der Waals surface area contributed by atoms with Crippen molar-refractivity contribution in [2.24, 2.45) is 11.3 Å². The van der Waals surface area contributed by atoms with E-state index in [-0.39, 0.29) is 17.4 Å². The Morgan fingerprint density at radius 1 is 1.26 bits per heavy atom. The number of carbonyl (C=O) groups excluding carboxylic acids is 1. The van der Waals surface area contributed by atoms with Crippen molar-refractivity contribution in [2.75, 3.05) is 26.7 Å². The summed E-state index contributed by atoms with van der Waals surface area (Å²) < 4.78 is 6.09.